The molecular weight excluding hydrogens is 222 g/mol. The van der Waals surface area contributed by atoms with Gasteiger partial charge in [0.1, 0.15) is 5.75 Å². The first-order chi connectivity index (χ1) is 8.70. The first kappa shape index (κ1) is 13.4. The molecule has 1 saturated heterocycles. The van der Waals surface area contributed by atoms with Crippen molar-refractivity contribution in [2.24, 2.45) is 5.92 Å². The second kappa shape index (κ2) is 6.24. The van der Waals surface area contributed by atoms with Gasteiger partial charge in [0.25, 0.3) is 0 Å². The Labute approximate surface area is 111 Å². The van der Waals surface area contributed by atoms with Gasteiger partial charge >= 0.3 is 0 Å². The maximum Gasteiger partial charge on any atom is 0.115 e. The molecule has 1 aliphatic heterocycles. The summed E-state index contributed by atoms with van der Waals surface area (Å²) in [5.41, 5.74) is 1.34. The average Bonchev–Trinajstić information content (AvgIpc) is 2.58. The van der Waals surface area contributed by atoms with Gasteiger partial charge in [-0.1, -0.05) is 26.0 Å². The Kier molecular flexibility index (Phi) is 4.65. The average molecular weight is 247 g/mol. The SMILES string of the molecule is CCC(c1ccc(O)cc1)N1CCCC(C)CC1. The molecule has 1 fully saturated rings. The lowest BCUT2D eigenvalue weighted by Crippen LogP contribution is -2.29. The zero-order valence-corrected chi connectivity index (χ0v) is 11.6. The van der Waals surface area contributed by atoms with E-state index >= 15 is 0 Å². The molecule has 1 aromatic rings. The first-order valence-corrected chi connectivity index (χ1v) is 7.23. The van der Waals surface area contributed by atoms with Crippen LogP contribution in [0.5, 0.6) is 5.75 Å². The molecule has 0 radical (unpaired) electrons. The molecule has 0 aliphatic carbocycles. The molecule has 0 aromatic heterocycles. The number of benzene rings is 1. The number of aromatic hydroxyl groups is 1. The monoisotopic (exact) mass is 247 g/mol. The summed E-state index contributed by atoms with van der Waals surface area (Å²) in [7, 11) is 0. The van der Waals surface area contributed by atoms with Crippen LogP contribution in [0.25, 0.3) is 0 Å². The van der Waals surface area contributed by atoms with E-state index in [1.807, 2.05) is 0 Å². The normalized spacial score (nSPS) is 23.6. The van der Waals surface area contributed by atoms with E-state index in [1.54, 1.807) is 12.1 Å². The lowest BCUT2D eigenvalue weighted by atomic mass is 10.0. The van der Waals surface area contributed by atoms with Crippen LogP contribution >= 0.6 is 0 Å². The zero-order chi connectivity index (χ0) is 13.0. The third-order valence-electron chi connectivity index (χ3n) is 4.16. The number of likely N-dealkylation sites (tertiary alicyclic amines) is 1. The third kappa shape index (κ3) is 3.26. The highest BCUT2D eigenvalue weighted by molar-refractivity contribution is 5.28. The van der Waals surface area contributed by atoms with Crippen LogP contribution in [-0.2, 0) is 0 Å². The minimum absolute atomic E-state index is 0.359. The van der Waals surface area contributed by atoms with Crippen molar-refractivity contribution in [3.8, 4) is 5.75 Å². The van der Waals surface area contributed by atoms with Crippen molar-refractivity contribution in [2.45, 2.75) is 45.6 Å². The van der Waals surface area contributed by atoms with E-state index in [4.69, 9.17) is 0 Å². The summed E-state index contributed by atoms with van der Waals surface area (Å²) in [6, 6.07) is 8.25. The molecule has 2 nitrogen and oxygen atoms in total. The summed E-state index contributed by atoms with van der Waals surface area (Å²) < 4.78 is 0. The van der Waals surface area contributed by atoms with Crippen molar-refractivity contribution in [3.05, 3.63) is 29.8 Å². The number of phenols is 1. The highest BCUT2D eigenvalue weighted by atomic mass is 16.3. The van der Waals surface area contributed by atoms with Gasteiger partial charge in [-0.15, -0.1) is 0 Å². The number of hydrogen-bond donors (Lipinski definition) is 1. The molecular formula is C16H25NO. The fraction of sp³-hybridized carbons (Fsp3) is 0.625. The van der Waals surface area contributed by atoms with Gasteiger partial charge in [-0.3, -0.25) is 4.90 Å². The molecule has 0 bridgehead atoms. The highest BCUT2D eigenvalue weighted by Crippen LogP contribution is 2.29. The van der Waals surface area contributed by atoms with Gasteiger partial charge in [0.15, 0.2) is 0 Å². The molecule has 2 unspecified atom stereocenters. The number of phenolic OH excluding ortho intramolecular Hbond substituents is 1. The lowest BCUT2D eigenvalue weighted by Gasteiger charge is -2.30. The van der Waals surface area contributed by atoms with E-state index in [1.165, 1.54) is 37.9 Å². The quantitative estimate of drug-likeness (QED) is 0.873. The Morgan fingerprint density at radius 2 is 1.94 bits per heavy atom. The van der Waals surface area contributed by atoms with Gasteiger partial charge in [0.05, 0.1) is 0 Å². The Bertz CT molecular complexity index is 360. The van der Waals surface area contributed by atoms with Crippen LogP contribution in [-0.4, -0.2) is 23.1 Å². The predicted octanol–water partition coefficient (Wildman–Crippen LogP) is 3.97. The van der Waals surface area contributed by atoms with E-state index < -0.39 is 0 Å². The minimum Gasteiger partial charge on any atom is -0.508 e. The van der Waals surface area contributed by atoms with Gasteiger partial charge in [0.2, 0.25) is 0 Å². The molecule has 0 saturated carbocycles. The fourth-order valence-electron chi connectivity index (χ4n) is 3.00. The fourth-order valence-corrected chi connectivity index (χ4v) is 3.00. The molecule has 0 spiro atoms. The van der Waals surface area contributed by atoms with Crippen LogP contribution in [0.3, 0.4) is 0 Å². The predicted molar refractivity (Wildman–Crippen MR) is 75.7 cm³/mol. The second-order valence-electron chi connectivity index (χ2n) is 5.59. The maximum atomic E-state index is 9.39. The van der Waals surface area contributed by atoms with Crippen molar-refractivity contribution in [2.75, 3.05) is 13.1 Å². The molecule has 0 amide bonds. The largest absolute Gasteiger partial charge is 0.508 e. The maximum absolute atomic E-state index is 9.39. The van der Waals surface area contributed by atoms with Gasteiger partial charge in [0, 0.05) is 6.04 Å². The standard InChI is InChI=1S/C16H25NO/c1-3-16(14-6-8-15(18)9-7-14)17-11-4-5-13(2)10-12-17/h6-9,13,16,18H,3-5,10-12H2,1-2H3. The molecule has 2 heteroatoms. The summed E-state index contributed by atoms with van der Waals surface area (Å²) >= 11 is 0. The molecule has 1 aliphatic rings. The van der Waals surface area contributed by atoms with E-state index in [0.29, 0.717) is 11.8 Å². The summed E-state index contributed by atoms with van der Waals surface area (Å²) in [5.74, 6) is 1.23. The van der Waals surface area contributed by atoms with Gasteiger partial charge in [-0.25, -0.2) is 0 Å². The van der Waals surface area contributed by atoms with Crippen molar-refractivity contribution in [3.63, 3.8) is 0 Å². The number of rotatable bonds is 3. The topological polar surface area (TPSA) is 23.5 Å². The molecule has 1 aromatic carbocycles. The molecule has 1 N–H and O–H groups in total. The Hall–Kier alpha value is -1.02. The second-order valence-corrected chi connectivity index (χ2v) is 5.59. The van der Waals surface area contributed by atoms with Crippen LogP contribution in [0.15, 0.2) is 24.3 Å². The summed E-state index contributed by atoms with van der Waals surface area (Å²) in [5, 5.41) is 9.39. The number of hydrogen-bond acceptors (Lipinski definition) is 2. The highest BCUT2D eigenvalue weighted by Gasteiger charge is 2.21. The summed E-state index contributed by atoms with van der Waals surface area (Å²) in [4.78, 5) is 2.62. The van der Waals surface area contributed by atoms with Crippen LogP contribution in [0.2, 0.25) is 0 Å². The molecule has 2 atom stereocenters. The smallest absolute Gasteiger partial charge is 0.115 e. The van der Waals surface area contributed by atoms with Crippen LogP contribution in [0, 0.1) is 5.92 Å². The summed E-state index contributed by atoms with van der Waals surface area (Å²) in [6.07, 6.45) is 5.13. The van der Waals surface area contributed by atoms with Gasteiger partial charge in [-0.2, -0.15) is 0 Å². The van der Waals surface area contributed by atoms with Crippen molar-refractivity contribution < 1.29 is 5.11 Å². The molecule has 100 valence electrons. The Morgan fingerprint density at radius 1 is 1.22 bits per heavy atom. The molecule has 2 rings (SSSR count). The van der Waals surface area contributed by atoms with Crippen molar-refractivity contribution in [1.82, 2.24) is 4.90 Å². The first-order valence-electron chi connectivity index (χ1n) is 7.23. The molecule has 18 heavy (non-hydrogen) atoms. The van der Waals surface area contributed by atoms with E-state index in [9.17, 15) is 5.11 Å². The Balaban J connectivity index is 2.09. The van der Waals surface area contributed by atoms with Crippen molar-refractivity contribution >= 4 is 0 Å². The van der Waals surface area contributed by atoms with Crippen LogP contribution in [0.4, 0.5) is 0 Å². The minimum atomic E-state index is 0.359. The Morgan fingerprint density at radius 3 is 2.61 bits per heavy atom. The van der Waals surface area contributed by atoms with E-state index in [2.05, 4.69) is 30.9 Å². The van der Waals surface area contributed by atoms with E-state index in [-0.39, 0.29) is 0 Å². The zero-order valence-electron chi connectivity index (χ0n) is 11.6. The van der Waals surface area contributed by atoms with Crippen LogP contribution in [0.1, 0.15) is 51.1 Å². The van der Waals surface area contributed by atoms with Crippen LogP contribution < -0.4 is 0 Å². The van der Waals surface area contributed by atoms with Gasteiger partial charge in [-0.05, 0) is 62.4 Å². The van der Waals surface area contributed by atoms with E-state index in [0.717, 1.165) is 12.3 Å². The summed E-state index contributed by atoms with van der Waals surface area (Å²) in [6.45, 7) is 7.04. The van der Waals surface area contributed by atoms with Gasteiger partial charge < -0.3 is 5.11 Å². The lowest BCUT2D eigenvalue weighted by molar-refractivity contribution is 0.197. The number of nitrogens with zero attached hydrogens (tertiary/aromatic N) is 1. The molecule has 1 heterocycles. The third-order valence-corrected chi connectivity index (χ3v) is 4.16. The van der Waals surface area contributed by atoms with Crippen molar-refractivity contribution in [1.29, 1.82) is 0 Å².